The Labute approximate surface area is 161 Å². The summed E-state index contributed by atoms with van der Waals surface area (Å²) < 4.78 is 5.83. The van der Waals surface area contributed by atoms with Gasteiger partial charge in [-0.25, -0.2) is 0 Å². The van der Waals surface area contributed by atoms with Gasteiger partial charge in [0.2, 0.25) is 0 Å². The third-order valence-corrected chi connectivity index (χ3v) is 4.42. The number of nitrogens with one attached hydrogen (secondary N) is 2. The number of benzene rings is 2. The maximum atomic E-state index is 12.4. The number of rotatable bonds is 5. The van der Waals surface area contributed by atoms with Gasteiger partial charge in [-0.1, -0.05) is 18.2 Å². The lowest BCUT2D eigenvalue weighted by Gasteiger charge is -2.10. The van der Waals surface area contributed by atoms with E-state index in [2.05, 4.69) is 15.6 Å². The monoisotopic (exact) mass is 375 g/mol. The molecule has 0 fully saturated rings. The molecule has 0 bridgehead atoms. The number of nitrogens with zero attached hydrogens (tertiary/aromatic N) is 1. The topological polar surface area (TPSA) is 101 Å². The summed E-state index contributed by atoms with van der Waals surface area (Å²) in [4.78, 5) is 27.8. The van der Waals surface area contributed by atoms with Crippen LogP contribution < -0.4 is 15.4 Å². The number of ether oxygens (including phenoxy) is 1. The van der Waals surface area contributed by atoms with Crippen LogP contribution in [0.25, 0.3) is 0 Å². The summed E-state index contributed by atoms with van der Waals surface area (Å²) >= 11 is 0. The minimum absolute atomic E-state index is 0.215. The fourth-order valence-corrected chi connectivity index (χ4v) is 3.05. The van der Waals surface area contributed by atoms with Crippen molar-refractivity contribution in [2.24, 2.45) is 0 Å². The predicted octanol–water partition coefficient (Wildman–Crippen LogP) is 3.72. The van der Waals surface area contributed by atoms with Gasteiger partial charge < -0.3 is 20.5 Å². The SMILES string of the molecule is O=C(Nc1ccccc1)c1cc(Oc2ccc3c(c2)C(C(=O)O)CN3)ccn1. The smallest absolute Gasteiger partial charge is 0.312 e. The van der Waals surface area contributed by atoms with Crippen LogP contribution in [0.5, 0.6) is 11.5 Å². The number of carbonyl (C=O) groups excluding carboxylic acids is 1. The molecule has 1 unspecified atom stereocenters. The van der Waals surface area contributed by atoms with Gasteiger partial charge in [0.05, 0.1) is 0 Å². The van der Waals surface area contributed by atoms with Crippen molar-refractivity contribution >= 4 is 23.3 Å². The largest absolute Gasteiger partial charge is 0.481 e. The number of aliphatic carboxylic acids is 1. The second kappa shape index (κ2) is 7.40. The molecule has 0 spiro atoms. The van der Waals surface area contributed by atoms with Gasteiger partial charge in [0, 0.05) is 30.2 Å². The number of anilines is 2. The molecular formula is C21H17N3O4. The molecular weight excluding hydrogens is 358 g/mol. The van der Waals surface area contributed by atoms with Crippen LogP contribution in [0.3, 0.4) is 0 Å². The van der Waals surface area contributed by atoms with E-state index in [9.17, 15) is 14.7 Å². The molecule has 1 aliphatic rings. The lowest BCUT2D eigenvalue weighted by Crippen LogP contribution is -2.13. The molecule has 1 amide bonds. The van der Waals surface area contributed by atoms with E-state index in [0.717, 1.165) is 5.69 Å². The predicted molar refractivity (Wildman–Crippen MR) is 104 cm³/mol. The van der Waals surface area contributed by atoms with Crippen LogP contribution >= 0.6 is 0 Å². The van der Waals surface area contributed by atoms with Gasteiger partial charge in [-0.05, 0) is 42.0 Å². The molecule has 2 heterocycles. The molecule has 0 radical (unpaired) electrons. The summed E-state index contributed by atoms with van der Waals surface area (Å²) in [6.07, 6.45) is 1.49. The Morgan fingerprint density at radius 3 is 2.64 bits per heavy atom. The zero-order chi connectivity index (χ0) is 19.5. The fourth-order valence-electron chi connectivity index (χ4n) is 3.05. The van der Waals surface area contributed by atoms with E-state index >= 15 is 0 Å². The van der Waals surface area contributed by atoms with E-state index in [1.165, 1.54) is 6.20 Å². The average molecular weight is 375 g/mol. The summed E-state index contributed by atoms with van der Waals surface area (Å²) in [7, 11) is 0. The number of carbonyl (C=O) groups is 2. The molecule has 4 rings (SSSR count). The number of carboxylic acid groups (broad SMARTS) is 1. The highest BCUT2D eigenvalue weighted by molar-refractivity contribution is 6.03. The minimum atomic E-state index is -0.882. The van der Waals surface area contributed by atoms with Crippen molar-refractivity contribution in [3.8, 4) is 11.5 Å². The van der Waals surface area contributed by atoms with Crippen molar-refractivity contribution in [2.45, 2.75) is 5.92 Å². The maximum absolute atomic E-state index is 12.4. The van der Waals surface area contributed by atoms with Crippen molar-refractivity contribution in [3.63, 3.8) is 0 Å². The van der Waals surface area contributed by atoms with E-state index in [4.69, 9.17) is 4.74 Å². The Morgan fingerprint density at radius 2 is 1.86 bits per heavy atom. The lowest BCUT2D eigenvalue weighted by atomic mass is 10.0. The van der Waals surface area contributed by atoms with Crippen molar-refractivity contribution in [2.75, 3.05) is 17.2 Å². The minimum Gasteiger partial charge on any atom is -0.481 e. The summed E-state index contributed by atoms with van der Waals surface area (Å²) in [6, 6.07) is 17.5. The highest BCUT2D eigenvalue weighted by Crippen LogP contribution is 2.35. The number of fused-ring (bicyclic) bond motifs is 1. The van der Waals surface area contributed by atoms with Gasteiger partial charge in [-0.3, -0.25) is 14.6 Å². The lowest BCUT2D eigenvalue weighted by molar-refractivity contribution is -0.138. The first-order chi connectivity index (χ1) is 13.6. The molecule has 140 valence electrons. The standard InChI is InChI=1S/C21H17N3O4/c25-20(24-13-4-2-1-3-5-13)19-11-15(8-9-22-19)28-14-6-7-18-16(10-14)17(12-23-18)21(26)27/h1-11,17,23H,12H2,(H,24,25)(H,26,27). The summed E-state index contributed by atoms with van der Waals surface area (Å²) in [5.41, 5.74) is 2.36. The van der Waals surface area contributed by atoms with Crippen LogP contribution in [0.15, 0.2) is 66.9 Å². The number of aromatic nitrogens is 1. The van der Waals surface area contributed by atoms with Gasteiger partial charge in [0.1, 0.15) is 23.1 Å². The van der Waals surface area contributed by atoms with E-state index in [1.807, 2.05) is 18.2 Å². The van der Waals surface area contributed by atoms with Crippen LogP contribution in [0.2, 0.25) is 0 Å². The van der Waals surface area contributed by atoms with Crippen LogP contribution in [-0.4, -0.2) is 28.5 Å². The summed E-state index contributed by atoms with van der Waals surface area (Å²) in [5, 5.41) is 15.2. The molecule has 3 N–H and O–H groups in total. The van der Waals surface area contributed by atoms with Crippen molar-refractivity contribution < 1.29 is 19.4 Å². The van der Waals surface area contributed by atoms with Crippen LogP contribution in [-0.2, 0) is 4.79 Å². The highest BCUT2D eigenvalue weighted by Gasteiger charge is 2.28. The molecule has 1 aromatic heterocycles. The van der Waals surface area contributed by atoms with Crippen molar-refractivity contribution in [1.82, 2.24) is 4.98 Å². The van der Waals surface area contributed by atoms with Gasteiger partial charge in [-0.2, -0.15) is 0 Å². The first-order valence-electron chi connectivity index (χ1n) is 8.71. The second-order valence-corrected chi connectivity index (χ2v) is 6.32. The summed E-state index contributed by atoms with van der Waals surface area (Å²) in [5.74, 6) is -0.906. The van der Waals surface area contributed by atoms with E-state index < -0.39 is 11.9 Å². The molecule has 2 aromatic carbocycles. The number of hydrogen-bond acceptors (Lipinski definition) is 5. The molecule has 3 aromatic rings. The number of para-hydroxylation sites is 1. The first-order valence-corrected chi connectivity index (χ1v) is 8.71. The Balaban J connectivity index is 1.52. The third kappa shape index (κ3) is 3.64. The average Bonchev–Trinajstić information content (AvgIpc) is 3.12. The van der Waals surface area contributed by atoms with Gasteiger partial charge in [0.15, 0.2) is 0 Å². The van der Waals surface area contributed by atoms with Crippen molar-refractivity contribution in [3.05, 3.63) is 78.1 Å². The Morgan fingerprint density at radius 1 is 1.07 bits per heavy atom. The fraction of sp³-hybridized carbons (Fsp3) is 0.0952. The number of carboxylic acids is 1. The number of hydrogen-bond donors (Lipinski definition) is 3. The van der Waals surface area contributed by atoms with Crippen LogP contribution in [0.4, 0.5) is 11.4 Å². The molecule has 0 saturated carbocycles. The number of amides is 1. The molecule has 1 aliphatic heterocycles. The van der Waals surface area contributed by atoms with Crippen LogP contribution in [0.1, 0.15) is 22.0 Å². The normalized spacial score (nSPS) is 14.6. The zero-order valence-electron chi connectivity index (χ0n) is 14.8. The Bertz CT molecular complexity index is 1040. The zero-order valence-corrected chi connectivity index (χ0v) is 14.8. The van der Waals surface area contributed by atoms with Gasteiger partial charge in [0.25, 0.3) is 5.91 Å². The van der Waals surface area contributed by atoms with Crippen molar-refractivity contribution in [1.29, 1.82) is 0 Å². The quantitative estimate of drug-likeness (QED) is 0.628. The number of pyridine rings is 1. The molecule has 7 nitrogen and oxygen atoms in total. The molecule has 1 atom stereocenters. The van der Waals surface area contributed by atoms with E-state index in [0.29, 0.717) is 29.3 Å². The first kappa shape index (κ1) is 17.5. The van der Waals surface area contributed by atoms with E-state index in [-0.39, 0.29) is 11.6 Å². The highest BCUT2D eigenvalue weighted by atomic mass is 16.5. The maximum Gasteiger partial charge on any atom is 0.312 e. The van der Waals surface area contributed by atoms with Gasteiger partial charge in [-0.15, -0.1) is 0 Å². The van der Waals surface area contributed by atoms with E-state index in [1.54, 1.807) is 42.5 Å². The second-order valence-electron chi connectivity index (χ2n) is 6.32. The molecule has 28 heavy (non-hydrogen) atoms. The molecule has 0 saturated heterocycles. The molecule has 7 heteroatoms. The van der Waals surface area contributed by atoms with Gasteiger partial charge >= 0.3 is 5.97 Å². The molecule has 0 aliphatic carbocycles. The Kier molecular flexibility index (Phi) is 4.63. The Hall–Kier alpha value is -3.87. The summed E-state index contributed by atoms with van der Waals surface area (Å²) in [6.45, 7) is 0.354. The third-order valence-electron chi connectivity index (χ3n) is 4.42. The van der Waals surface area contributed by atoms with Crippen LogP contribution in [0, 0.1) is 0 Å².